The Hall–Kier alpha value is -4.09. The number of sulfonamides is 1. The Bertz CT molecular complexity index is 1560. The van der Waals surface area contributed by atoms with Crippen LogP contribution in [0.15, 0.2) is 55.0 Å². The first-order valence-corrected chi connectivity index (χ1v) is 14.2. The summed E-state index contributed by atoms with van der Waals surface area (Å²) in [6.07, 6.45) is 6.52. The Kier molecular flexibility index (Phi) is 7.58. The highest BCUT2D eigenvalue weighted by atomic mass is 32.2. The molecule has 2 heterocycles. The molecule has 0 aliphatic carbocycles. The molecule has 3 aromatic rings. The van der Waals surface area contributed by atoms with E-state index in [0.717, 1.165) is 39.9 Å². The number of hydrazine groups is 2. The minimum absolute atomic E-state index is 0.221. The molecule has 0 saturated heterocycles. The maximum Gasteiger partial charge on any atom is 0.255 e. The summed E-state index contributed by atoms with van der Waals surface area (Å²) in [6, 6.07) is 10.9. The van der Waals surface area contributed by atoms with Crippen molar-refractivity contribution in [3.05, 3.63) is 82.8 Å². The van der Waals surface area contributed by atoms with Crippen molar-refractivity contribution < 1.29 is 17.9 Å². The van der Waals surface area contributed by atoms with Crippen molar-refractivity contribution >= 4 is 38.7 Å². The third kappa shape index (κ3) is 6.32. The highest BCUT2D eigenvalue weighted by Crippen LogP contribution is 2.39. The fourth-order valence-corrected chi connectivity index (χ4v) is 4.73. The van der Waals surface area contributed by atoms with Gasteiger partial charge in [0.05, 0.1) is 36.1 Å². The molecule has 11 heteroatoms. The molecule has 0 radical (unpaired) electrons. The van der Waals surface area contributed by atoms with Gasteiger partial charge in [0, 0.05) is 29.7 Å². The Labute approximate surface area is 229 Å². The number of ether oxygens (including phenoxy) is 1. The van der Waals surface area contributed by atoms with Gasteiger partial charge in [0.25, 0.3) is 5.91 Å². The minimum Gasteiger partial charge on any atom is -0.492 e. The molecule has 2 aromatic carbocycles. The number of methoxy groups -OCH3 is 1. The summed E-state index contributed by atoms with van der Waals surface area (Å²) in [5, 5.41) is 4.73. The molecular weight excluding hydrogens is 516 g/mol. The van der Waals surface area contributed by atoms with Crippen LogP contribution in [0, 0.1) is 13.8 Å². The Morgan fingerprint density at radius 1 is 1.05 bits per heavy atom. The second-order valence-corrected chi connectivity index (χ2v) is 12.3. The lowest BCUT2D eigenvalue weighted by atomic mass is 9.86. The smallest absolute Gasteiger partial charge is 0.255 e. The molecule has 1 aliphatic rings. The Morgan fingerprint density at radius 3 is 2.41 bits per heavy atom. The maximum absolute atomic E-state index is 13.5. The van der Waals surface area contributed by atoms with Gasteiger partial charge in [-0.15, -0.1) is 5.53 Å². The molecule has 0 fully saturated rings. The third-order valence-electron chi connectivity index (χ3n) is 6.33. The number of amides is 1. The molecule has 0 saturated carbocycles. The van der Waals surface area contributed by atoms with E-state index in [1.165, 1.54) is 7.11 Å². The summed E-state index contributed by atoms with van der Waals surface area (Å²) in [5.41, 5.74) is 12.4. The number of pyridine rings is 1. The normalized spacial score (nSPS) is 13.5. The third-order valence-corrected chi connectivity index (χ3v) is 6.92. The van der Waals surface area contributed by atoms with Crippen molar-refractivity contribution in [2.45, 2.75) is 40.0 Å². The van der Waals surface area contributed by atoms with Crippen LogP contribution in [-0.4, -0.2) is 32.7 Å². The summed E-state index contributed by atoms with van der Waals surface area (Å²) in [7, 11) is -2.16. The fourth-order valence-electron chi connectivity index (χ4n) is 4.18. The lowest BCUT2D eigenvalue weighted by molar-refractivity contribution is 0.102. The van der Waals surface area contributed by atoms with Crippen LogP contribution in [0.25, 0.3) is 5.70 Å². The summed E-state index contributed by atoms with van der Waals surface area (Å²) in [4.78, 5) is 17.7. The van der Waals surface area contributed by atoms with Crippen molar-refractivity contribution in [3.63, 3.8) is 0 Å². The molecule has 4 N–H and O–H groups in total. The number of rotatable bonds is 7. The van der Waals surface area contributed by atoms with Crippen LogP contribution in [0.3, 0.4) is 0 Å². The topological polar surface area (TPSA) is 125 Å². The van der Waals surface area contributed by atoms with Crippen LogP contribution in [0.4, 0.5) is 17.1 Å². The molecule has 0 atom stereocenters. The van der Waals surface area contributed by atoms with Crippen molar-refractivity contribution in [2.24, 2.45) is 0 Å². The number of carbonyl (C=O) groups excluding carboxylic acids is 1. The second kappa shape index (κ2) is 10.6. The first-order chi connectivity index (χ1) is 18.3. The molecule has 0 bridgehead atoms. The molecule has 1 amide bonds. The van der Waals surface area contributed by atoms with Crippen LogP contribution in [0.2, 0.25) is 0 Å². The monoisotopic (exact) mass is 550 g/mol. The number of aromatic nitrogens is 1. The van der Waals surface area contributed by atoms with Gasteiger partial charge in [0.15, 0.2) is 5.75 Å². The predicted octanol–water partition coefficient (Wildman–Crippen LogP) is 4.46. The van der Waals surface area contributed by atoms with Crippen LogP contribution in [0.1, 0.15) is 53.4 Å². The molecular formula is C28H34N6O4S. The Balaban J connectivity index is 1.68. The molecule has 4 rings (SSSR count). The fraction of sp³-hybridized carbons (Fsp3) is 0.286. The average Bonchev–Trinajstić information content (AvgIpc) is 3.32. The molecule has 1 aromatic heterocycles. The van der Waals surface area contributed by atoms with Crippen LogP contribution in [0.5, 0.6) is 5.75 Å². The SMILES string of the molecule is COc1c(NC(=O)c2ccc(C)c(N3C=C(c4cnccc4C)NN3)c2)cc(C(C)(C)C)cc1NS(C)(=O)=O. The molecule has 10 nitrogen and oxygen atoms in total. The zero-order valence-corrected chi connectivity index (χ0v) is 23.9. The van der Waals surface area contributed by atoms with Gasteiger partial charge in [0.1, 0.15) is 0 Å². The molecule has 0 unspecified atom stereocenters. The number of nitrogens with one attached hydrogen (secondary N) is 4. The maximum atomic E-state index is 13.5. The van der Waals surface area contributed by atoms with E-state index in [9.17, 15) is 13.2 Å². The van der Waals surface area contributed by atoms with Crippen LogP contribution >= 0.6 is 0 Å². The van der Waals surface area contributed by atoms with Crippen molar-refractivity contribution in [2.75, 3.05) is 28.4 Å². The van der Waals surface area contributed by atoms with Crippen molar-refractivity contribution in [1.82, 2.24) is 15.9 Å². The van der Waals surface area contributed by atoms with Gasteiger partial charge in [-0.3, -0.25) is 19.5 Å². The zero-order valence-electron chi connectivity index (χ0n) is 23.1. The summed E-state index contributed by atoms with van der Waals surface area (Å²) < 4.78 is 32.1. The lowest BCUT2D eigenvalue weighted by Gasteiger charge is -2.24. The van der Waals surface area contributed by atoms with Gasteiger partial charge in [-0.25, -0.2) is 8.42 Å². The van der Waals surface area contributed by atoms with E-state index in [4.69, 9.17) is 4.74 Å². The number of anilines is 3. The van der Waals surface area contributed by atoms with Crippen molar-refractivity contribution in [1.29, 1.82) is 0 Å². The summed E-state index contributed by atoms with van der Waals surface area (Å²) >= 11 is 0. The minimum atomic E-state index is -3.59. The first kappa shape index (κ1) is 27.9. The number of aryl methyl sites for hydroxylation is 2. The van der Waals surface area contributed by atoms with E-state index in [2.05, 4.69) is 26.0 Å². The number of hydrogen-bond acceptors (Lipinski definition) is 8. The van der Waals surface area contributed by atoms with E-state index in [1.807, 2.05) is 58.0 Å². The number of benzene rings is 2. The predicted molar refractivity (Wildman–Crippen MR) is 155 cm³/mol. The van der Waals surface area contributed by atoms with E-state index in [0.29, 0.717) is 11.3 Å². The number of hydrogen-bond donors (Lipinski definition) is 4. The van der Waals surface area contributed by atoms with Gasteiger partial charge < -0.3 is 15.5 Å². The summed E-state index contributed by atoms with van der Waals surface area (Å²) in [5.74, 6) is -0.149. The van der Waals surface area contributed by atoms with Gasteiger partial charge in [-0.2, -0.15) is 0 Å². The average molecular weight is 551 g/mol. The highest BCUT2D eigenvalue weighted by molar-refractivity contribution is 7.92. The molecule has 0 spiro atoms. The van der Waals surface area contributed by atoms with Crippen LogP contribution < -0.4 is 30.7 Å². The lowest BCUT2D eigenvalue weighted by Crippen LogP contribution is -2.36. The van der Waals surface area contributed by atoms with Crippen LogP contribution in [-0.2, 0) is 15.4 Å². The van der Waals surface area contributed by atoms with Gasteiger partial charge in [-0.1, -0.05) is 26.8 Å². The van der Waals surface area contributed by atoms with Gasteiger partial charge in [-0.05, 0) is 66.3 Å². The molecule has 206 valence electrons. The second-order valence-electron chi connectivity index (χ2n) is 10.5. The highest BCUT2D eigenvalue weighted by Gasteiger charge is 2.23. The van der Waals surface area contributed by atoms with E-state index in [1.54, 1.807) is 36.7 Å². The Morgan fingerprint density at radius 2 is 1.77 bits per heavy atom. The standard InChI is InChI=1S/C28H34N6O4S/c1-17-10-11-29-15-21(17)24-16-34(33-31-24)25-12-19(9-8-18(25)2)27(35)30-22-13-20(28(3,4)5)14-23(26(22)38-6)32-39(7,36)37/h8-16,31-33H,1-7H3,(H,30,35). The van der Waals surface area contributed by atoms with E-state index in [-0.39, 0.29) is 22.8 Å². The van der Waals surface area contributed by atoms with Crippen molar-refractivity contribution in [3.8, 4) is 5.75 Å². The quantitative estimate of drug-likeness (QED) is 0.340. The first-order valence-electron chi connectivity index (χ1n) is 12.3. The summed E-state index contributed by atoms with van der Waals surface area (Å²) in [6.45, 7) is 9.98. The van der Waals surface area contributed by atoms with Gasteiger partial charge >= 0.3 is 0 Å². The number of carbonyl (C=O) groups is 1. The zero-order chi connectivity index (χ0) is 28.5. The molecule has 39 heavy (non-hydrogen) atoms. The largest absolute Gasteiger partial charge is 0.492 e. The van der Waals surface area contributed by atoms with Gasteiger partial charge in [0.2, 0.25) is 10.0 Å². The number of nitrogens with zero attached hydrogens (tertiary/aromatic N) is 2. The van der Waals surface area contributed by atoms with E-state index < -0.39 is 10.0 Å². The van der Waals surface area contributed by atoms with E-state index >= 15 is 0 Å². The molecule has 1 aliphatic heterocycles.